The highest BCUT2D eigenvalue weighted by molar-refractivity contribution is 9.47. The highest BCUT2D eigenvalue weighted by atomic mass is 79.9. The summed E-state index contributed by atoms with van der Waals surface area (Å²) in [6.45, 7) is 6.84. The van der Waals surface area contributed by atoms with Crippen LogP contribution in [0.4, 0.5) is 5.69 Å². The Morgan fingerprint density at radius 2 is 1.64 bits per heavy atom. The Kier molecular flexibility index (Phi) is 8.72. The minimum Gasteiger partial charge on any atom is -0.411 e. The quantitative estimate of drug-likeness (QED) is 0.796. The van der Waals surface area contributed by atoms with Crippen molar-refractivity contribution in [3.05, 3.63) is 30.3 Å². The van der Waals surface area contributed by atoms with Crippen LogP contribution in [0, 0.1) is 6.07 Å². The van der Waals surface area contributed by atoms with Crippen LogP contribution < -0.4 is 4.98 Å². The van der Waals surface area contributed by atoms with Crippen molar-refractivity contribution in [1.29, 1.82) is 0 Å². The first-order valence-corrected chi connectivity index (χ1v) is 15.7. The first-order valence-electron chi connectivity index (χ1n) is 4.36. The van der Waals surface area contributed by atoms with Crippen LogP contribution in [0.1, 0.15) is 0 Å². The lowest BCUT2D eigenvalue weighted by Gasteiger charge is -2.19. The van der Waals surface area contributed by atoms with Gasteiger partial charge in [-0.05, 0) is 18.2 Å². The molecule has 0 aliphatic heterocycles. The number of benzene rings is 1. The fourth-order valence-corrected chi connectivity index (χ4v) is 1.94. The van der Waals surface area contributed by atoms with E-state index in [1.165, 1.54) is 5.69 Å². The monoisotopic (exact) mass is 346 g/mol. The molecule has 0 aromatic heterocycles. The molecule has 0 atom stereocenters. The third-order valence-electron chi connectivity index (χ3n) is 1.24. The molecular formula is C9H14Br2MgNSi. The van der Waals surface area contributed by atoms with Crippen molar-refractivity contribution in [2.45, 2.75) is 19.6 Å². The van der Waals surface area contributed by atoms with E-state index >= 15 is 0 Å². The van der Waals surface area contributed by atoms with Gasteiger partial charge in [0.2, 0.25) is 0 Å². The first-order chi connectivity index (χ1) is 6.49. The maximum absolute atomic E-state index is 3.50. The van der Waals surface area contributed by atoms with E-state index in [4.69, 9.17) is 0 Å². The molecule has 0 saturated carbocycles. The van der Waals surface area contributed by atoms with E-state index < -0.39 is 8.24 Å². The van der Waals surface area contributed by atoms with Crippen molar-refractivity contribution in [2.24, 2.45) is 0 Å². The molecule has 1 radical (unpaired) electrons. The van der Waals surface area contributed by atoms with Crippen molar-refractivity contribution in [2.75, 3.05) is 4.98 Å². The van der Waals surface area contributed by atoms with Crippen LogP contribution in [0.5, 0.6) is 0 Å². The number of hydrogen-bond acceptors (Lipinski definition) is 1. The number of anilines is 1. The topological polar surface area (TPSA) is 12.0 Å². The molecule has 1 N–H and O–H groups in total. The molecule has 0 spiro atoms. The molecule has 0 heterocycles. The molecule has 1 rings (SSSR count). The van der Waals surface area contributed by atoms with Gasteiger partial charge in [-0.3, -0.25) is 25.8 Å². The Morgan fingerprint density at radius 3 is 2.00 bits per heavy atom. The van der Waals surface area contributed by atoms with Gasteiger partial charge in [-0.2, -0.15) is 0 Å². The molecule has 0 amide bonds. The molecule has 14 heavy (non-hydrogen) atoms. The summed E-state index contributed by atoms with van der Waals surface area (Å²) in [4.78, 5) is 3.50. The third-order valence-corrected chi connectivity index (χ3v) is 2.28. The minimum atomic E-state index is -1.16. The summed E-state index contributed by atoms with van der Waals surface area (Å²) in [7, 11) is -1.16. The SMILES string of the molecule is C[Si](C)(C)Nc1cc[c]cc1.[Br][Mg][Br]. The highest BCUT2D eigenvalue weighted by Gasteiger charge is 2.11. The molecule has 0 fully saturated rings. The van der Waals surface area contributed by atoms with E-state index in [1.54, 1.807) is 0 Å². The molecule has 1 aromatic rings. The predicted octanol–water partition coefficient (Wildman–Crippen LogP) is 4.04. The van der Waals surface area contributed by atoms with Gasteiger partial charge >= 0.3 is 16.0 Å². The number of hydrogen-bond donors (Lipinski definition) is 1. The lowest BCUT2D eigenvalue weighted by Crippen LogP contribution is -2.31. The van der Waals surface area contributed by atoms with Gasteiger partial charge in [-0.1, -0.05) is 31.8 Å². The predicted molar refractivity (Wildman–Crippen MR) is 75.9 cm³/mol. The van der Waals surface area contributed by atoms with E-state index in [9.17, 15) is 0 Å². The Labute approximate surface area is 110 Å². The zero-order valence-electron chi connectivity index (χ0n) is 8.77. The highest BCUT2D eigenvalue weighted by Crippen LogP contribution is 2.10. The van der Waals surface area contributed by atoms with Crippen LogP contribution in [0.15, 0.2) is 24.3 Å². The molecule has 0 bridgehead atoms. The first kappa shape index (κ1) is 15.0. The number of rotatable bonds is 2. The van der Waals surface area contributed by atoms with E-state index in [2.05, 4.69) is 68.6 Å². The molecule has 1 nitrogen and oxygen atoms in total. The maximum Gasteiger partial charge on any atom is 0.560 e. The van der Waals surface area contributed by atoms with Crippen LogP contribution in [-0.4, -0.2) is 24.3 Å². The lowest BCUT2D eigenvalue weighted by molar-refractivity contribution is 1.57. The van der Waals surface area contributed by atoms with Gasteiger partial charge in [0, 0.05) is 5.69 Å². The molecular weight excluding hydrogens is 334 g/mol. The van der Waals surface area contributed by atoms with Crippen LogP contribution in [0.2, 0.25) is 19.6 Å². The second kappa shape index (κ2) is 8.15. The Morgan fingerprint density at radius 1 is 1.21 bits per heavy atom. The van der Waals surface area contributed by atoms with Gasteiger partial charge in [0.05, 0.1) is 0 Å². The van der Waals surface area contributed by atoms with Crippen molar-refractivity contribution < 1.29 is 0 Å². The molecule has 5 heteroatoms. The summed E-state index contributed by atoms with van der Waals surface area (Å²) in [5.74, 6) is 0. The zero-order chi connectivity index (χ0) is 11.0. The average molecular weight is 348 g/mol. The van der Waals surface area contributed by atoms with Crippen molar-refractivity contribution in [3.63, 3.8) is 0 Å². The fraction of sp³-hybridized carbons (Fsp3) is 0.333. The molecule has 0 saturated heterocycles. The largest absolute Gasteiger partial charge is 0.560 e. The molecule has 0 aliphatic rings. The van der Waals surface area contributed by atoms with Gasteiger partial charge in [-0.25, -0.2) is 0 Å². The van der Waals surface area contributed by atoms with Crippen LogP contribution in [-0.2, 0) is 0 Å². The van der Waals surface area contributed by atoms with Crippen LogP contribution in [0.25, 0.3) is 0 Å². The Hall–Kier alpha value is 0.963. The zero-order valence-corrected chi connectivity index (χ0v) is 14.4. The normalized spacial score (nSPS) is 9.50. The minimum absolute atomic E-state index is 0.0417. The van der Waals surface area contributed by atoms with Gasteiger partial charge < -0.3 is 4.98 Å². The second-order valence-electron chi connectivity index (χ2n) is 3.76. The summed E-state index contributed by atoms with van der Waals surface area (Å²) in [6, 6.07) is 11.0. The van der Waals surface area contributed by atoms with Gasteiger partial charge in [0.25, 0.3) is 0 Å². The number of nitrogens with one attached hydrogen (secondary N) is 1. The fourth-order valence-electron chi connectivity index (χ4n) is 0.903. The smallest absolute Gasteiger partial charge is 0.411 e. The van der Waals surface area contributed by atoms with Crippen molar-refractivity contribution >= 4 is 55.7 Å². The van der Waals surface area contributed by atoms with E-state index in [1.807, 2.05) is 12.1 Å². The average Bonchev–Trinajstić information content (AvgIpc) is 2.04. The van der Waals surface area contributed by atoms with Crippen molar-refractivity contribution in [3.8, 4) is 0 Å². The van der Waals surface area contributed by atoms with Crippen molar-refractivity contribution in [1.82, 2.24) is 0 Å². The summed E-state index contributed by atoms with van der Waals surface area (Å²) in [6.07, 6.45) is 0. The summed E-state index contributed by atoms with van der Waals surface area (Å²) in [5, 5.41) is 0. The molecule has 0 unspecified atom stereocenters. The van der Waals surface area contributed by atoms with Crippen LogP contribution in [0.3, 0.4) is 0 Å². The molecule has 75 valence electrons. The Bertz CT molecular complexity index is 238. The lowest BCUT2D eigenvalue weighted by atomic mass is 10.3. The summed E-state index contributed by atoms with van der Waals surface area (Å²) < 4.78 is 0. The van der Waals surface area contributed by atoms with E-state index in [0.29, 0.717) is 0 Å². The molecule has 0 aliphatic carbocycles. The summed E-state index contributed by atoms with van der Waals surface area (Å²) >= 11 is 6.44. The second-order valence-corrected chi connectivity index (χ2v) is 16.6. The summed E-state index contributed by atoms with van der Waals surface area (Å²) in [5.41, 5.74) is 1.21. The van der Waals surface area contributed by atoms with E-state index in [-0.39, 0.29) is 16.0 Å². The standard InChI is InChI=1S/C9H14NSi.2BrH.Mg/c1-11(2,3)10-9-7-5-4-6-8-9;;;/h5-8,10H,1-3H3;2*1H;/q;;;+2/p-2. The van der Waals surface area contributed by atoms with E-state index in [0.717, 1.165) is 0 Å². The Balaban J connectivity index is 0.000000500. The molecule has 1 aromatic carbocycles. The van der Waals surface area contributed by atoms with Gasteiger partial charge in [0.1, 0.15) is 8.24 Å². The van der Waals surface area contributed by atoms with Gasteiger partial charge in [-0.15, -0.1) is 0 Å². The number of halogens is 2. The van der Waals surface area contributed by atoms with Gasteiger partial charge in [0.15, 0.2) is 0 Å². The maximum atomic E-state index is 3.50. The third kappa shape index (κ3) is 9.52. The van der Waals surface area contributed by atoms with Crippen LogP contribution >= 0.6 is 25.8 Å².